The number of hydrogen-bond donors (Lipinski definition) is 11. The van der Waals surface area contributed by atoms with Crippen LogP contribution in [-0.2, 0) is 4.74 Å². The molecule has 1 aliphatic rings. The average Bonchev–Trinajstić information content (AvgIpc) is 4.14. The summed E-state index contributed by atoms with van der Waals surface area (Å²) in [5, 5.41) is 83.8. The van der Waals surface area contributed by atoms with Gasteiger partial charge in [-0.3, -0.25) is 19.2 Å². The number of aliphatic hydroxyl groups excluding tert-OH is 9. The average molecular weight is 851 g/mol. The van der Waals surface area contributed by atoms with E-state index in [9.17, 15) is 39.6 Å². The first-order valence-corrected chi connectivity index (χ1v) is 19.1. The minimum Gasteiger partial charge on any atom is -0.399 e. The summed E-state index contributed by atoms with van der Waals surface area (Å²) in [6.07, 6.45) is -4.19. The van der Waals surface area contributed by atoms with Crippen molar-refractivity contribution in [2.75, 3.05) is 87.1 Å². The molecular formula is C43H54N4O14. The molecule has 18 nitrogen and oxygen atoms in total. The number of epoxide rings is 1. The number of carbonyl (C=O) groups is 4. The lowest BCUT2D eigenvalue weighted by Crippen LogP contribution is -2.40. The second-order valence-corrected chi connectivity index (χ2v) is 13.9. The van der Waals surface area contributed by atoms with Crippen molar-refractivity contribution in [1.82, 2.24) is 0 Å². The summed E-state index contributed by atoms with van der Waals surface area (Å²) in [5.74, 6) is -2.66. The molecule has 0 saturated carbocycles. The smallest absolute Gasteiger partial charge is 0.233 e. The molecule has 1 saturated heterocycles. The van der Waals surface area contributed by atoms with E-state index in [4.69, 9.17) is 37.0 Å². The van der Waals surface area contributed by atoms with Gasteiger partial charge >= 0.3 is 0 Å². The van der Waals surface area contributed by atoms with E-state index < -0.39 is 74.0 Å². The van der Waals surface area contributed by atoms with Crippen LogP contribution in [0.25, 0.3) is 0 Å². The minimum atomic E-state index is -1.10. The number of hydrogen-bond acceptors (Lipinski definition) is 18. The highest BCUT2D eigenvalue weighted by Crippen LogP contribution is 2.21. The standard InChI is InChI=1S/C26H36N2O10.C14H12N2O2.C3H6O2/c29-13-21(33)9-27(10-22(34)14-30)19-5-1-17(2-6-19)25(37)26(38)18-3-7-20(8-4-18)28(11-23(35)15-31)12-24(36)16-32;15-11-5-1-9(2-6-11)13(17)14(18)10-3-7-12(16)8-4-10;4-1-3-2-5-3/h1-8,21-24,29-36H,9-16H2;1-8H,15-16H2;3-4H,1-2H2. The Morgan fingerprint density at radius 3 is 0.885 bits per heavy atom. The fourth-order valence-corrected chi connectivity index (χ4v) is 5.43. The highest BCUT2D eigenvalue weighted by atomic mass is 16.6. The molecule has 0 aliphatic carbocycles. The molecule has 5 unspecified atom stereocenters. The van der Waals surface area contributed by atoms with Gasteiger partial charge in [-0.15, -0.1) is 0 Å². The van der Waals surface area contributed by atoms with Gasteiger partial charge in [-0.25, -0.2) is 0 Å². The van der Waals surface area contributed by atoms with E-state index in [1.54, 1.807) is 24.3 Å². The summed E-state index contributed by atoms with van der Waals surface area (Å²) in [4.78, 5) is 52.5. The van der Waals surface area contributed by atoms with Crippen LogP contribution in [0.4, 0.5) is 22.7 Å². The molecule has 1 aliphatic heterocycles. The molecule has 4 aromatic rings. The van der Waals surface area contributed by atoms with Crippen LogP contribution in [0.2, 0.25) is 0 Å². The molecule has 0 bridgehead atoms. The topological polar surface area (TPSA) is 321 Å². The maximum Gasteiger partial charge on any atom is 0.233 e. The molecule has 1 fully saturated rings. The number of nitrogens with two attached hydrogens (primary N) is 2. The number of carbonyl (C=O) groups excluding carboxylic acids is 4. The molecule has 4 aromatic carbocycles. The predicted molar refractivity (Wildman–Crippen MR) is 226 cm³/mol. The normalized spacial score (nSPS) is 14.7. The Kier molecular flexibility index (Phi) is 20.5. The number of benzene rings is 4. The number of nitrogen functional groups attached to an aromatic ring is 2. The van der Waals surface area contributed by atoms with E-state index >= 15 is 0 Å². The molecule has 5 atom stereocenters. The molecule has 61 heavy (non-hydrogen) atoms. The lowest BCUT2D eigenvalue weighted by atomic mass is 10.0. The number of rotatable bonds is 21. The van der Waals surface area contributed by atoms with E-state index in [-0.39, 0.29) is 50.0 Å². The fraction of sp³-hybridized carbons (Fsp3) is 0.349. The summed E-state index contributed by atoms with van der Waals surface area (Å²) >= 11 is 0. The molecule has 13 N–H and O–H groups in total. The molecule has 1 heterocycles. The zero-order valence-electron chi connectivity index (χ0n) is 33.3. The first kappa shape index (κ1) is 49.7. The second kappa shape index (κ2) is 25.2. The Morgan fingerprint density at radius 2 is 0.705 bits per heavy atom. The lowest BCUT2D eigenvalue weighted by Gasteiger charge is -2.28. The zero-order valence-corrected chi connectivity index (χ0v) is 33.3. The Balaban J connectivity index is 0.000000351. The number of Topliss-reactive ketones (excluding diaryl/α,β-unsaturated/α-hetero) is 4. The molecule has 0 amide bonds. The summed E-state index contributed by atoms with van der Waals surface area (Å²) in [6, 6.07) is 24.2. The van der Waals surface area contributed by atoms with Crippen molar-refractivity contribution in [3.63, 3.8) is 0 Å². The van der Waals surface area contributed by atoms with Crippen LogP contribution < -0.4 is 21.3 Å². The Hall–Kier alpha value is -5.64. The second-order valence-electron chi connectivity index (χ2n) is 13.9. The Labute approximate surface area is 352 Å². The third-order valence-electron chi connectivity index (χ3n) is 8.92. The number of nitrogens with zero attached hydrogens (tertiary/aromatic N) is 2. The van der Waals surface area contributed by atoms with Gasteiger partial charge in [0.15, 0.2) is 0 Å². The quantitative estimate of drug-likeness (QED) is 0.0209. The van der Waals surface area contributed by atoms with Crippen molar-refractivity contribution in [3.8, 4) is 0 Å². The first-order chi connectivity index (χ1) is 29.1. The highest BCUT2D eigenvalue weighted by Gasteiger charge is 2.23. The number of anilines is 4. The lowest BCUT2D eigenvalue weighted by molar-refractivity contribution is 0.0816. The van der Waals surface area contributed by atoms with Crippen molar-refractivity contribution in [2.24, 2.45) is 0 Å². The number of aliphatic hydroxyl groups is 9. The summed E-state index contributed by atoms with van der Waals surface area (Å²) in [5.41, 5.74) is 14.0. The maximum atomic E-state index is 12.8. The van der Waals surface area contributed by atoms with Gasteiger partial charge in [0.2, 0.25) is 23.1 Å². The van der Waals surface area contributed by atoms with Gasteiger partial charge in [0, 0.05) is 71.2 Å². The van der Waals surface area contributed by atoms with Gasteiger partial charge in [-0.1, -0.05) is 0 Å². The molecule has 0 spiro atoms. The molecule has 330 valence electrons. The summed E-state index contributed by atoms with van der Waals surface area (Å²) in [7, 11) is 0. The van der Waals surface area contributed by atoms with Crippen molar-refractivity contribution in [2.45, 2.75) is 30.5 Å². The van der Waals surface area contributed by atoms with Gasteiger partial charge < -0.3 is 72.0 Å². The SMILES string of the molecule is Nc1ccc(C(=O)C(=O)c2ccc(N)cc2)cc1.O=C(C(=O)c1ccc(N(CC(O)CO)CC(O)CO)cc1)c1ccc(N(CC(O)CO)CC(O)CO)cc1.OCC1CO1. The largest absolute Gasteiger partial charge is 0.399 e. The molecule has 0 aromatic heterocycles. The highest BCUT2D eigenvalue weighted by molar-refractivity contribution is 6.49. The monoisotopic (exact) mass is 850 g/mol. The van der Waals surface area contributed by atoms with Gasteiger partial charge in [0.25, 0.3) is 0 Å². The maximum absolute atomic E-state index is 12.8. The van der Waals surface area contributed by atoms with Crippen LogP contribution in [0.1, 0.15) is 41.4 Å². The van der Waals surface area contributed by atoms with Crippen molar-refractivity contribution >= 4 is 45.9 Å². The first-order valence-electron chi connectivity index (χ1n) is 19.1. The van der Waals surface area contributed by atoms with Crippen molar-refractivity contribution < 1.29 is 69.9 Å². The van der Waals surface area contributed by atoms with Crippen LogP contribution in [-0.4, -0.2) is 165 Å². The zero-order chi connectivity index (χ0) is 45.1. The van der Waals surface area contributed by atoms with Crippen LogP contribution in [0.15, 0.2) is 97.1 Å². The minimum absolute atomic E-state index is 0.0339. The van der Waals surface area contributed by atoms with Crippen molar-refractivity contribution in [1.29, 1.82) is 0 Å². The Bertz CT molecular complexity index is 1800. The van der Waals surface area contributed by atoms with E-state index in [2.05, 4.69) is 4.74 Å². The van der Waals surface area contributed by atoms with Crippen LogP contribution >= 0.6 is 0 Å². The Morgan fingerprint density at radius 1 is 0.475 bits per heavy atom. The van der Waals surface area contributed by atoms with E-state index in [0.717, 1.165) is 6.61 Å². The van der Waals surface area contributed by atoms with E-state index in [1.165, 1.54) is 82.6 Å². The number of ketones is 4. The third-order valence-corrected chi connectivity index (χ3v) is 8.92. The summed E-state index contributed by atoms with van der Waals surface area (Å²) in [6.45, 7) is -1.19. The fourth-order valence-electron chi connectivity index (χ4n) is 5.43. The third kappa shape index (κ3) is 16.4. The number of ether oxygens (including phenoxy) is 1. The van der Waals surface area contributed by atoms with Crippen LogP contribution in [0, 0.1) is 0 Å². The van der Waals surface area contributed by atoms with Crippen LogP contribution in [0.3, 0.4) is 0 Å². The summed E-state index contributed by atoms with van der Waals surface area (Å²) < 4.78 is 4.61. The van der Waals surface area contributed by atoms with Gasteiger partial charge in [0.05, 0.1) is 64.1 Å². The van der Waals surface area contributed by atoms with E-state index in [1.807, 2.05) is 0 Å². The van der Waals surface area contributed by atoms with Gasteiger partial charge in [0.1, 0.15) is 6.10 Å². The molecule has 5 rings (SSSR count). The van der Waals surface area contributed by atoms with E-state index in [0.29, 0.717) is 33.9 Å². The predicted octanol–water partition coefficient (Wildman–Crippen LogP) is -0.928. The molecule has 0 radical (unpaired) electrons. The molecular weight excluding hydrogens is 796 g/mol. The van der Waals surface area contributed by atoms with Gasteiger partial charge in [-0.05, 0) is 97.1 Å². The molecule has 18 heteroatoms. The van der Waals surface area contributed by atoms with Gasteiger partial charge in [-0.2, -0.15) is 0 Å². The van der Waals surface area contributed by atoms with Crippen molar-refractivity contribution in [3.05, 3.63) is 119 Å². The van der Waals surface area contributed by atoms with Crippen LogP contribution in [0.5, 0.6) is 0 Å².